The van der Waals surface area contributed by atoms with Crippen LogP contribution < -0.4 is 4.90 Å². The molecule has 0 radical (unpaired) electrons. The molecule has 0 bridgehead atoms. The number of piperazine rings is 1. The largest absolute Gasteiger partial charge is 0.345 e. The summed E-state index contributed by atoms with van der Waals surface area (Å²) >= 11 is 0. The maximum Gasteiger partial charge on any atom is 0.241 e. The Hall–Kier alpha value is -2.09. The van der Waals surface area contributed by atoms with Gasteiger partial charge >= 0.3 is 0 Å². The van der Waals surface area contributed by atoms with E-state index in [1.807, 2.05) is 11.8 Å². The number of rotatable bonds is 1. The number of carbonyl (C=O) groups is 1. The molecule has 1 aromatic rings. The van der Waals surface area contributed by atoms with Crippen LogP contribution in [0, 0.1) is 18.3 Å². The lowest BCUT2D eigenvalue weighted by Crippen LogP contribution is -2.48. The zero-order valence-electron chi connectivity index (χ0n) is 9.97. The van der Waals surface area contributed by atoms with Crippen LogP contribution in [-0.2, 0) is 4.79 Å². The monoisotopic (exact) mass is 230 g/mol. The molecule has 1 saturated heterocycles. The van der Waals surface area contributed by atoms with Gasteiger partial charge in [-0.15, -0.1) is 0 Å². The zero-order chi connectivity index (χ0) is 12.4. The van der Waals surface area contributed by atoms with E-state index in [9.17, 15) is 4.79 Å². The molecule has 1 amide bonds. The van der Waals surface area contributed by atoms with Crippen molar-refractivity contribution < 1.29 is 4.79 Å². The van der Waals surface area contributed by atoms with Crippen molar-refractivity contribution in [1.82, 2.24) is 9.88 Å². The Bertz CT molecular complexity index is 492. The van der Waals surface area contributed by atoms with Gasteiger partial charge in [-0.25, -0.2) is 4.98 Å². The van der Waals surface area contributed by atoms with Gasteiger partial charge < -0.3 is 9.80 Å². The molecule has 5 nitrogen and oxygen atoms in total. The van der Waals surface area contributed by atoms with Gasteiger partial charge in [0.1, 0.15) is 5.82 Å². The van der Waals surface area contributed by atoms with Crippen LogP contribution in [0.2, 0.25) is 0 Å². The number of anilines is 1. The molecular weight excluding hydrogens is 216 g/mol. The number of nitrogens with zero attached hydrogens (tertiary/aromatic N) is 4. The fourth-order valence-electron chi connectivity index (χ4n) is 1.83. The summed E-state index contributed by atoms with van der Waals surface area (Å²) in [5, 5.41) is 8.91. The molecule has 1 fully saturated rings. The predicted molar refractivity (Wildman–Crippen MR) is 63.5 cm³/mol. The third kappa shape index (κ3) is 2.36. The molecule has 2 rings (SSSR count). The first kappa shape index (κ1) is 11.4. The fourth-order valence-corrected chi connectivity index (χ4v) is 1.83. The Balaban J connectivity index is 2.26. The minimum Gasteiger partial charge on any atom is -0.345 e. The maximum atomic E-state index is 11.6. The molecule has 0 N–H and O–H groups in total. The first-order valence-corrected chi connectivity index (χ1v) is 5.48. The van der Waals surface area contributed by atoms with Gasteiger partial charge in [0.15, 0.2) is 0 Å². The van der Waals surface area contributed by atoms with Gasteiger partial charge in [-0.05, 0) is 19.1 Å². The summed E-state index contributed by atoms with van der Waals surface area (Å²) in [6, 6.07) is 5.57. The number of aromatic nitrogens is 1. The van der Waals surface area contributed by atoms with E-state index in [-0.39, 0.29) is 5.91 Å². The van der Waals surface area contributed by atoms with Crippen molar-refractivity contribution in [1.29, 1.82) is 5.26 Å². The SMILES string of the molecule is Cc1cc(C#N)cc(N2CCN(C)C(=O)C2)n1. The Morgan fingerprint density at radius 2 is 2.18 bits per heavy atom. The first-order chi connectivity index (χ1) is 8.10. The number of hydrogen-bond acceptors (Lipinski definition) is 4. The second-order valence-corrected chi connectivity index (χ2v) is 4.20. The van der Waals surface area contributed by atoms with Gasteiger partial charge in [-0.3, -0.25) is 4.79 Å². The molecule has 0 aromatic carbocycles. The van der Waals surface area contributed by atoms with Crippen LogP contribution >= 0.6 is 0 Å². The Labute approximate surface area is 100 Å². The van der Waals surface area contributed by atoms with Crippen molar-refractivity contribution in [3.8, 4) is 6.07 Å². The van der Waals surface area contributed by atoms with E-state index in [1.165, 1.54) is 0 Å². The van der Waals surface area contributed by atoms with Crippen LogP contribution in [0.3, 0.4) is 0 Å². The molecule has 1 aromatic heterocycles. The quantitative estimate of drug-likeness (QED) is 0.706. The summed E-state index contributed by atoms with van der Waals surface area (Å²) in [6.45, 7) is 3.62. The second-order valence-electron chi connectivity index (χ2n) is 4.20. The lowest BCUT2D eigenvalue weighted by atomic mass is 10.2. The average Bonchev–Trinajstić information content (AvgIpc) is 2.32. The van der Waals surface area contributed by atoms with Crippen molar-refractivity contribution >= 4 is 11.7 Å². The highest BCUT2D eigenvalue weighted by atomic mass is 16.2. The van der Waals surface area contributed by atoms with E-state index in [2.05, 4.69) is 11.1 Å². The van der Waals surface area contributed by atoms with E-state index in [0.717, 1.165) is 12.2 Å². The second kappa shape index (κ2) is 4.42. The highest BCUT2D eigenvalue weighted by Crippen LogP contribution is 2.16. The fraction of sp³-hybridized carbons (Fsp3) is 0.417. The summed E-state index contributed by atoms with van der Waals surface area (Å²) in [7, 11) is 1.80. The van der Waals surface area contributed by atoms with E-state index in [1.54, 1.807) is 24.1 Å². The molecule has 0 atom stereocenters. The Morgan fingerprint density at radius 1 is 1.41 bits per heavy atom. The van der Waals surface area contributed by atoms with Crippen LogP contribution in [0.5, 0.6) is 0 Å². The number of aryl methyl sites for hydroxylation is 1. The van der Waals surface area contributed by atoms with Crippen molar-refractivity contribution in [2.24, 2.45) is 0 Å². The third-order valence-electron chi connectivity index (χ3n) is 2.85. The molecule has 2 heterocycles. The van der Waals surface area contributed by atoms with E-state index in [0.29, 0.717) is 24.5 Å². The normalized spacial score (nSPS) is 15.9. The van der Waals surface area contributed by atoms with Gasteiger partial charge in [0.2, 0.25) is 5.91 Å². The summed E-state index contributed by atoms with van der Waals surface area (Å²) in [5.74, 6) is 0.793. The highest BCUT2D eigenvalue weighted by molar-refractivity contribution is 5.82. The van der Waals surface area contributed by atoms with Crippen molar-refractivity contribution in [3.63, 3.8) is 0 Å². The molecule has 0 unspecified atom stereocenters. The van der Waals surface area contributed by atoms with E-state index in [4.69, 9.17) is 5.26 Å². The van der Waals surface area contributed by atoms with E-state index >= 15 is 0 Å². The molecule has 1 aliphatic heterocycles. The molecule has 88 valence electrons. The topological polar surface area (TPSA) is 60.2 Å². The molecule has 1 aliphatic rings. The minimum absolute atomic E-state index is 0.0815. The Morgan fingerprint density at radius 3 is 2.82 bits per heavy atom. The van der Waals surface area contributed by atoms with Crippen LogP contribution in [0.15, 0.2) is 12.1 Å². The summed E-state index contributed by atoms with van der Waals surface area (Å²) in [4.78, 5) is 19.6. The van der Waals surface area contributed by atoms with Crippen molar-refractivity contribution in [2.75, 3.05) is 31.6 Å². The lowest BCUT2D eigenvalue weighted by molar-refractivity contribution is -0.129. The third-order valence-corrected chi connectivity index (χ3v) is 2.85. The van der Waals surface area contributed by atoms with Crippen LogP contribution in [0.1, 0.15) is 11.3 Å². The molecular formula is C12H14N4O. The van der Waals surface area contributed by atoms with Crippen LogP contribution in [0.4, 0.5) is 5.82 Å². The van der Waals surface area contributed by atoms with E-state index < -0.39 is 0 Å². The van der Waals surface area contributed by atoms with Gasteiger partial charge in [-0.2, -0.15) is 5.26 Å². The molecule has 17 heavy (non-hydrogen) atoms. The van der Waals surface area contributed by atoms with Crippen molar-refractivity contribution in [3.05, 3.63) is 23.4 Å². The number of pyridine rings is 1. The minimum atomic E-state index is 0.0815. The standard InChI is InChI=1S/C12H14N4O/c1-9-5-10(7-13)6-11(14-9)16-4-3-15(2)12(17)8-16/h5-6H,3-4,8H2,1-2H3. The lowest BCUT2D eigenvalue weighted by Gasteiger charge is -2.32. The molecule has 0 spiro atoms. The first-order valence-electron chi connectivity index (χ1n) is 5.48. The number of amides is 1. The number of nitriles is 1. The number of carbonyl (C=O) groups excluding carboxylic acids is 1. The van der Waals surface area contributed by atoms with Gasteiger partial charge in [-0.1, -0.05) is 0 Å². The summed E-state index contributed by atoms with van der Waals surface area (Å²) in [6.07, 6.45) is 0. The highest BCUT2D eigenvalue weighted by Gasteiger charge is 2.22. The molecule has 0 saturated carbocycles. The van der Waals surface area contributed by atoms with Gasteiger partial charge in [0, 0.05) is 25.8 Å². The average molecular weight is 230 g/mol. The maximum absolute atomic E-state index is 11.6. The zero-order valence-corrected chi connectivity index (χ0v) is 9.97. The summed E-state index contributed by atoms with van der Waals surface area (Å²) < 4.78 is 0. The molecule has 5 heteroatoms. The number of likely N-dealkylation sites (N-methyl/N-ethyl adjacent to an activating group) is 1. The summed E-state index contributed by atoms with van der Waals surface area (Å²) in [5.41, 5.74) is 1.38. The van der Waals surface area contributed by atoms with Crippen LogP contribution in [0.25, 0.3) is 0 Å². The van der Waals surface area contributed by atoms with Gasteiger partial charge in [0.25, 0.3) is 0 Å². The van der Waals surface area contributed by atoms with Crippen LogP contribution in [-0.4, -0.2) is 42.5 Å². The molecule has 0 aliphatic carbocycles. The van der Waals surface area contributed by atoms with Gasteiger partial charge in [0.05, 0.1) is 18.2 Å². The predicted octanol–water partition coefficient (Wildman–Crippen LogP) is 0.540. The number of hydrogen-bond donors (Lipinski definition) is 0. The van der Waals surface area contributed by atoms with Crippen molar-refractivity contribution in [2.45, 2.75) is 6.92 Å². The Kier molecular flexibility index (Phi) is 2.96. The smallest absolute Gasteiger partial charge is 0.241 e.